The van der Waals surface area contributed by atoms with Crippen LogP contribution in [0, 0.1) is 4.64 Å². The molecule has 138 valence electrons. The van der Waals surface area contributed by atoms with Crippen molar-refractivity contribution in [3.05, 3.63) is 11.0 Å². The molecule has 3 rings (SSSR count). The van der Waals surface area contributed by atoms with Crippen molar-refractivity contribution in [3.8, 4) is 0 Å². The van der Waals surface area contributed by atoms with E-state index in [0.29, 0.717) is 34.8 Å². The van der Waals surface area contributed by atoms with E-state index in [1.807, 2.05) is 0 Å². The Kier molecular flexibility index (Phi) is 5.61. The minimum atomic E-state index is -1.20. The highest BCUT2D eigenvalue weighted by Gasteiger charge is 2.43. The van der Waals surface area contributed by atoms with Crippen LogP contribution >= 0.6 is 12.2 Å². The van der Waals surface area contributed by atoms with E-state index in [4.69, 9.17) is 22.7 Å². The van der Waals surface area contributed by atoms with Crippen molar-refractivity contribution >= 4 is 29.3 Å². The first kappa shape index (κ1) is 18.2. The van der Waals surface area contributed by atoms with Gasteiger partial charge in [-0.05, 0) is 19.4 Å². The summed E-state index contributed by atoms with van der Waals surface area (Å²) in [6.45, 7) is 0.915. The Morgan fingerprint density at radius 2 is 2.16 bits per heavy atom. The molecule has 10 nitrogen and oxygen atoms in total. The molecule has 1 fully saturated rings. The van der Waals surface area contributed by atoms with Crippen molar-refractivity contribution in [2.24, 2.45) is 5.73 Å². The van der Waals surface area contributed by atoms with Gasteiger partial charge in [0.05, 0.1) is 12.9 Å². The molecule has 11 heteroatoms. The normalized spacial score (nSPS) is 26.4. The van der Waals surface area contributed by atoms with Crippen molar-refractivity contribution in [3.63, 3.8) is 0 Å². The summed E-state index contributed by atoms with van der Waals surface area (Å²) >= 11 is 5.27. The predicted molar refractivity (Wildman–Crippen MR) is 92.5 cm³/mol. The maximum Gasteiger partial charge on any atom is 0.203 e. The molecule has 1 saturated heterocycles. The number of ether oxygens (including phenoxy) is 1. The smallest absolute Gasteiger partial charge is 0.203 e. The molecule has 0 aromatic carbocycles. The maximum absolute atomic E-state index is 10.2. The average Bonchev–Trinajstić information content (AvgIpc) is 3.14. The van der Waals surface area contributed by atoms with Gasteiger partial charge in [-0.15, -0.1) is 0 Å². The lowest BCUT2D eigenvalue weighted by atomic mass is 10.1. The van der Waals surface area contributed by atoms with Crippen LogP contribution in [0.5, 0.6) is 0 Å². The first-order chi connectivity index (χ1) is 12.1. The number of aromatic nitrogens is 4. The van der Waals surface area contributed by atoms with Crippen LogP contribution in [0.2, 0.25) is 0 Å². The summed E-state index contributed by atoms with van der Waals surface area (Å²) in [5.74, 6) is 0.475. The van der Waals surface area contributed by atoms with E-state index >= 15 is 0 Å². The summed E-state index contributed by atoms with van der Waals surface area (Å²) in [5.41, 5.74) is 6.44. The number of hydrogen-bond donors (Lipinski definition) is 6. The van der Waals surface area contributed by atoms with Crippen molar-refractivity contribution < 1.29 is 20.1 Å². The maximum atomic E-state index is 10.2. The van der Waals surface area contributed by atoms with Crippen molar-refractivity contribution in [2.45, 2.75) is 37.4 Å². The zero-order chi connectivity index (χ0) is 18.0. The second kappa shape index (κ2) is 7.72. The Balaban J connectivity index is 1.89. The lowest BCUT2D eigenvalue weighted by Gasteiger charge is -2.17. The number of hydrogen-bond acceptors (Lipinski definition) is 9. The number of aliphatic hydroxyl groups is 3. The zero-order valence-electron chi connectivity index (χ0n) is 13.5. The molecule has 0 aliphatic carbocycles. The molecular weight excluding hydrogens is 348 g/mol. The minimum absolute atomic E-state index is 0.306. The molecule has 0 saturated carbocycles. The summed E-state index contributed by atoms with van der Waals surface area (Å²) in [6.07, 6.45) is -0.901. The van der Waals surface area contributed by atoms with Crippen LogP contribution in [0.1, 0.15) is 19.1 Å². The standard InChI is InChI=1S/C14H22N6O4S/c15-3-1-2-4-16-14-18-11-8(12(25)19-14)17-6-20(11)13-10(23)9(22)7(5-21)24-13/h6-7,9-10,13,21-23H,1-5,15H2,(H2,16,18,19,25)/t7-,9+,10?,13-/m1/s1. The summed E-state index contributed by atoms with van der Waals surface area (Å²) in [5, 5.41) is 32.5. The lowest BCUT2D eigenvalue weighted by molar-refractivity contribution is -0.0511. The number of H-pyrrole nitrogens is 1. The molecule has 1 aliphatic heterocycles. The van der Waals surface area contributed by atoms with Gasteiger partial charge in [-0.25, -0.2) is 9.97 Å². The van der Waals surface area contributed by atoms with Gasteiger partial charge >= 0.3 is 0 Å². The van der Waals surface area contributed by atoms with E-state index in [1.165, 1.54) is 6.33 Å². The van der Waals surface area contributed by atoms with E-state index in [9.17, 15) is 15.3 Å². The molecule has 1 unspecified atom stereocenters. The fraction of sp³-hybridized carbons (Fsp3) is 0.643. The number of rotatable bonds is 7. The number of aliphatic hydroxyl groups excluding tert-OH is 3. The molecule has 0 spiro atoms. The van der Waals surface area contributed by atoms with Crippen LogP contribution in [0.4, 0.5) is 5.95 Å². The van der Waals surface area contributed by atoms with Crippen LogP contribution in [-0.4, -0.2) is 72.8 Å². The molecule has 2 aromatic heterocycles. The van der Waals surface area contributed by atoms with Gasteiger partial charge in [0.25, 0.3) is 0 Å². The van der Waals surface area contributed by atoms with E-state index in [0.717, 1.165) is 12.8 Å². The van der Waals surface area contributed by atoms with Gasteiger partial charge < -0.3 is 36.1 Å². The van der Waals surface area contributed by atoms with Crippen LogP contribution < -0.4 is 11.1 Å². The minimum Gasteiger partial charge on any atom is -0.394 e. The number of nitrogens with one attached hydrogen (secondary N) is 2. The van der Waals surface area contributed by atoms with Crippen LogP contribution in [0.25, 0.3) is 11.2 Å². The highest BCUT2D eigenvalue weighted by atomic mass is 32.1. The fourth-order valence-electron chi connectivity index (χ4n) is 2.80. The topological polar surface area (TPSA) is 154 Å². The lowest BCUT2D eigenvalue weighted by Crippen LogP contribution is -2.33. The summed E-state index contributed by atoms with van der Waals surface area (Å²) in [4.78, 5) is 11.5. The number of nitrogens with zero attached hydrogens (tertiary/aromatic N) is 3. The van der Waals surface area contributed by atoms with Gasteiger partial charge in [0, 0.05) is 6.54 Å². The Bertz CT molecular complexity index is 780. The first-order valence-electron chi connectivity index (χ1n) is 8.10. The van der Waals surface area contributed by atoms with Gasteiger partial charge in [0.1, 0.15) is 29.5 Å². The van der Waals surface area contributed by atoms with Crippen LogP contribution in [0.3, 0.4) is 0 Å². The van der Waals surface area contributed by atoms with Crippen molar-refractivity contribution in [1.29, 1.82) is 0 Å². The molecule has 7 N–H and O–H groups in total. The third-order valence-corrected chi connectivity index (χ3v) is 4.45. The monoisotopic (exact) mass is 370 g/mol. The Morgan fingerprint density at radius 1 is 1.36 bits per heavy atom. The van der Waals surface area contributed by atoms with Crippen molar-refractivity contribution in [1.82, 2.24) is 19.5 Å². The van der Waals surface area contributed by atoms with Gasteiger partial charge in [0.15, 0.2) is 10.9 Å². The number of fused-ring (bicyclic) bond motifs is 1. The highest BCUT2D eigenvalue weighted by Crippen LogP contribution is 2.31. The quantitative estimate of drug-likeness (QED) is 0.273. The SMILES string of the molecule is NCCCCNc1nc(=S)c2ncn([C@@H]3O[C@H](CO)[C@H](O)C3O)c2[nH]1. The largest absolute Gasteiger partial charge is 0.394 e. The van der Waals surface area contributed by atoms with E-state index in [-0.39, 0.29) is 0 Å². The molecule has 4 atom stereocenters. The average molecular weight is 370 g/mol. The van der Waals surface area contributed by atoms with Crippen molar-refractivity contribution in [2.75, 3.05) is 25.0 Å². The Hall–Kier alpha value is -1.63. The van der Waals surface area contributed by atoms with Crippen LogP contribution in [-0.2, 0) is 4.74 Å². The zero-order valence-corrected chi connectivity index (χ0v) is 14.3. The molecular formula is C14H22N6O4S. The highest BCUT2D eigenvalue weighted by molar-refractivity contribution is 7.71. The third-order valence-electron chi connectivity index (χ3n) is 4.16. The Morgan fingerprint density at radius 3 is 2.84 bits per heavy atom. The summed E-state index contributed by atoms with van der Waals surface area (Å²) in [6, 6.07) is 0. The second-order valence-corrected chi connectivity index (χ2v) is 6.28. The van der Waals surface area contributed by atoms with Crippen LogP contribution in [0.15, 0.2) is 6.33 Å². The molecule has 25 heavy (non-hydrogen) atoms. The number of anilines is 1. The van der Waals surface area contributed by atoms with Gasteiger partial charge in [-0.1, -0.05) is 12.2 Å². The molecule has 0 radical (unpaired) electrons. The predicted octanol–water partition coefficient (Wildman–Crippen LogP) is -0.749. The molecule has 0 bridgehead atoms. The molecule has 2 aromatic rings. The number of unbranched alkanes of at least 4 members (excludes halogenated alkanes) is 1. The Labute approximate surface area is 148 Å². The molecule has 3 heterocycles. The summed E-state index contributed by atoms with van der Waals surface area (Å²) < 4.78 is 7.39. The first-order valence-corrected chi connectivity index (χ1v) is 8.51. The second-order valence-electron chi connectivity index (χ2n) is 5.89. The molecule has 1 aliphatic rings. The van der Waals surface area contributed by atoms with Gasteiger partial charge in [-0.3, -0.25) is 4.57 Å². The van der Waals surface area contributed by atoms with Gasteiger partial charge in [-0.2, -0.15) is 0 Å². The number of imidazole rings is 1. The number of aromatic amines is 1. The van der Waals surface area contributed by atoms with E-state index in [2.05, 4.69) is 20.3 Å². The van der Waals surface area contributed by atoms with E-state index < -0.39 is 31.1 Å². The van der Waals surface area contributed by atoms with E-state index in [1.54, 1.807) is 4.57 Å². The fourth-order valence-corrected chi connectivity index (χ4v) is 3.04. The third kappa shape index (κ3) is 3.52. The van der Waals surface area contributed by atoms with Gasteiger partial charge in [0.2, 0.25) is 5.95 Å². The molecule has 0 amide bonds. The number of nitrogens with two attached hydrogens (primary N) is 1. The summed E-state index contributed by atoms with van der Waals surface area (Å²) in [7, 11) is 0.